The zero-order valence-electron chi connectivity index (χ0n) is 18.7. The van der Waals surface area contributed by atoms with E-state index in [1.54, 1.807) is 0 Å². The lowest BCUT2D eigenvalue weighted by molar-refractivity contribution is -0.150. The van der Waals surface area contributed by atoms with Crippen molar-refractivity contribution in [3.8, 4) is 0 Å². The molecule has 0 fully saturated rings. The molecule has 0 aliphatic heterocycles. The van der Waals surface area contributed by atoms with E-state index in [0.29, 0.717) is 12.8 Å². The fraction of sp³-hybridized carbons (Fsp3) is 0.917. The molecule has 0 aromatic rings. The number of hydrogen-bond donors (Lipinski definition) is 1. The summed E-state index contributed by atoms with van der Waals surface area (Å²) in [6.45, 7) is 4.40. The third-order valence-electron chi connectivity index (χ3n) is 5.33. The van der Waals surface area contributed by atoms with E-state index in [0.717, 1.165) is 51.4 Å². The maximum absolute atomic E-state index is 12.1. The number of unbranched alkanes of at least 4 members (excludes halogenated alkanes) is 12. The van der Waals surface area contributed by atoms with Gasteiger partial charge in [-0.05, 0) is 32.1 Å². The Labute approximate surface area is 173 Å². The van der Waals surface area contributed by atoms with Crippen LogP contribution in [0, 0.1) is 0 Å². The lowest BCUT2D eigenvalue weighted by Crippen LogP contribution is -2.18. The maximum atomic E-state index is 12.1. The molecule has 0 aliphatic rings. The van der Waals surface area contributed by atoms with Crippen molar-refractivity contribution in [3.05, 3.63) is 0 Å². The minimum absolute atomic E-state index is 0.0143. The van der Waals surface area contributed by atoms with Gasteiger partial charge in [-0.1, -0.05) is 90.9 Å². The molecule has 4 heteroatoms. The van der Waals surface area contributed by atoms with Crippen molar-refractivity contribution >= 4 is 11.9 Å². The van der Waals surface area contributed by atoms with Crippen molar-refractivity contribution in [2.75, 3.05) is 0 Å². The number of ether oxygens (including phenoxy) is 1. The number of esters is 1. The molecule has 0 heterocycles. The van der Waals surface area contributed by atoms with E-state index < -0.39 is 5.97 Å². The minimum atomic E-state index is -0.731. The summed E-state index contributed by atoms with van der Waals surface area (Å²) >= 11 is 0. The van der Waals surface area contributed by atoms with Gasteiger partial charge in [-0.2, -0.15) is 0 Å². The Kier molecular flexibility index (Phi) is 19.9. The first kappa shape index (κ1) is 26.9. The minimum Gasteiger partial charge on any atom is -0.481 e. The predicted molar refractivity (Wildman–Crippen MR) is 117 cm³/mol. The van der Waals surface area contributed by atoms with Gasteiger partial charge in [0.25, 0.3) is 0 Å². The molecule has 0 bridgehead atoms. The average Bonchev–Trinajstić information content (AvgIpc) is 2.66. The fourth-order valence-corrected chi connectivity index (χ4v) is 3.52. The summed E-state index contributed by atoms with van der Waals surface area (Å²) < 4.78 is 5.71. The molecule has 166 valence electrons. The van der Waals surface area contributed by atoms with Gasteiger partial charge in [-0.3, -0.25) is 9.59 Å². The molecule has 0 radical (unpaired) electrons. The second-order valence-electron chi connectivity index (χ2n) is 8.18. The number of hydrogen-bond acceptors (Lipinski definition) is 3. The Morgan fingerprint density at radius 2 is 1.11 bits per heavy atom. The monoisotopic (exact) mass is 398 g/mol. The van der Waals surface area contributed by atoms with Crippen molar-refractivity contribution in [1.29, 1.82) is 0 Å². The van der Waals surface area contributed by atoms with Gasteiger partial charge in [-0.15, -0.1) is 0 Å². The van der Waals surface area contributed by atoms with Crippen LogP contribution < -0.4 is 0 Å². The van der Waals surface area contributed by atoms with Crippen LogP contribution in [0.5, 0.6) is 0 Å². The number of carbonyl (C=O) groups excluding carboxylic acids is 1. The number of aliphatic carboxylic acids is 1. The van der Waals surface area contributed by atoms with Crippen LogP contribution in [0.2, 0.25) is 0 Å². The largest absolute Gasteiger partial charge is 0.481 e. The van der Waals surface area contributed by atoms with Crippen LogP contribution >= 0.6 is 0 Å². The summed E-state index contributed by atoms with van der Waals surface area (Å²) in [5, 5.41) is 8.68. The van der Waals surface area contributed by atoms with E-state index in [4.69, 9.17) is 9.84 Å². The Hall–Kier alpha value is -1.06. The topological polar surface area (TPSA) is 63.6 Å². The van der Waals surface area contributed by atoms with Crippen LogP contribution in [0.3, 0.4) is 0 Å². The average molecular weight is 399 g/mol. The lowest BCUT2D eigenvalue weighted by Gasteiger charge is -2.17. The van der Waals surface area contributed by atoms with E-state index in [-0.39, 0.29) is 18.5 Å². The van der Waals surface area contributed by atoms with Gasteiger partial charge in [0, 0.05) is 12.8 Å². The Morgan fingerprint density at radius 3 is 1.68 bits per heavy atom. The van der Waals surface area contributed by atoms with Gasteiger partial charge in [-0.25, -0.2) is 0 Å². The van der Waals surface area contributed by atoms with Crippen molar-refractivity contribution in [2.45, 2.75) is 142 Å². The third-order valence-corrected chi connectivity index (χ3v) is 5.33. The smallest absolute Gasteiger partial charge is 0.306 e. The third kappa shape index (κ3) is 19.7. The molecule has 1 unspecified atom stereocenters. The van der Waals surface area contributed by atoms with Gasteiger partial charge in [0.2, 0.25) is 0 Å². The molecule has 1 N–H and O–H groups in total. The highest BCUT2D eigenvalue weighted by molar-refractivity contribution is 5.69. The van der Waals surface area contributed by atoms with Gasteiger partial charge < -0.3 is 9.84 Å². The van der Waals surface area contributed by atoms with E-state index in [9.17, 15) is 9.59 Å². The van der Waals surface area contributed by atoms with Crippen LogP contribution in [0.4, 0.5) is 0 Å². The summed E-state index contributed by atoms with van der Waals surface area (Å²) in [5.41, 5.74) is 0. The zero-order chi connectivity index (χ0) is 20.9. The first-order chi connectivity index (χ1) is 13.6. The van der Waals surface area contributed by atoms with Crippen molar-refractivity contribution in [1.82, 2.24) is 0 Å². The number of carbonyl (C=O) groups is 2. The van der Waals surface area contributed by atoms with Crippen molar-refractivity contribution < 1.29 is 19.4 Å². The van der Waals surface area contributed by atoms with Crippen molar-refractivity contribution in [3.63, 3.8) is 0 Å². The van der Waals surface area contributed by atoms with Crippen LogP contribution in [-0.4, -0.2) is 23.1 Å². The van der Waals surface area contributed by atoms with E-state index in [2.05, 4.69) is 13.8 Å². The Bertz CT molecular complexity index is 368. The maximum Gasteiger partial charge on any atom is 0.306 e. The second kappa shape index (κ2) is 20.7. The van der Waals surface area contributed by atoms with Crippen LogP contribution in [0.1, 0.15) is 136 Å². The standard InChI is InChI=1S/C24H46O4/c1-3-5-7-8-9-10-11-12-13-17-21-24(27)28-22(18-6-4-2)19-15-14-16-20-23(25)26/h22H,3-21H2,1-2H3,(H,25,26). The molecule has 0 rings (SSSR count). The predicted octanol–water partition coefficient (Wildman–Crippen LogP) is 7.43. The molecule has 0 aromatic heterocycles. The van der Waals surface area contributed by atoms with E-state index in [1.165, 1.54) is 51.4 Å². The normalized spacial score (nSPS) is 12.1. The Balaban J connectivity index is 3.73. The molecule has 4 nitrogen and oxygen atoms in total. The summed E-state index contributed by atoms with van der Waals surface area (Å²) in [6.07, 6.45) is 20.0. The summed E-state index contributed by atoms with van der Waals surface area (Å²) in [6, 6.07) is 0. The zero-order valence-corrected chi connectivity index (χ0v) is 18.7. The Morgan fingerprint density at radius 1 is 0.643 bits per heavy atom. The number of carboxylic acids is 1. The first-order valence-electron chi connectivity index (χ1n) is 12.0. The van der Waals surface area contributed by atoms with Crippen LogP contribution in [0.25, 0.3) is 0 Å². The molecule has 0 spiro atoms. The molecule has 0 amide bonds. The molecular formula is C24H46O4. The van der Waals surface area contributed by atoms with Gasteiger partial charge in [0.15, 0.2) is 0 Å². The number of carboxylic acid groups (broad SMARTS) is 1. The summed E-state index contributed by atoms with van der Waals surface area (Å²) in [4.78, 5) is 22.7. The molecular weight excluding hydrogens is 352 g/mol. The van der Waals surface area contributed by atoms with Crippen molar-refractivity contribution in [2.24, 2.45) is 0 Å². The summed E-state index contributed by atoms with van der Waals surface area (Å²) in [5.74, 6) is -0.781. The second-order valence-corrected chi connectivity index (χ2v) is 8.18. The SMILES string of the molecule is CCCCCCCCCCCCC(=O)OC(CCCC)CCCCCC(=O)O. The highest BCUT2D eigenvalue weighted by Gasteiger charge is 2.14. The van der Waals surface area contributed by atoms with E-state index >= 15 is 0 Å². The van der Waals surface area contributed by atoms with Gasteiger partial charge in [0.1, 0.15) is 6.10 Å². The molecule has 0 saturated heterocycles. The van der Waals surface area contributed by atoms with Crippen LogP contribution in [-0.2, 0) is 14.3 Å². The fourth-order valence-electron chi connectivity index (χ4n) is 3.52. The quantitative estimate of drug-likeness (QED) is 0.161. The molecule has 1 atom stereocenters. The molecule has 28 heavy (non-hydrogen) atoms. The van der Waals surface area contributed by atoms with Gasteiger partial charge >= 0.3 is 11.9 Å². The highest BCUT2D eigenvalue weighted by atomic mass is 16.5. The van der Waals surface area contributed by atoms with Gasteiger partial charge in [0.05, 0.1) is 0 Å². The highest BCUT2D eigenvalue weighted by Crippen LogP contribution is 2.16. The molecule has 0 aromatic carbocycles. The van der Waals surface area contributed by atoms with Crippen LogP contribution in [0.15, 0.2) is 0 Å². The lowest BCUT2D eigenvalue weighted by atomic mass is 10.0. The number of rotatable bonds is 21. The molecule has 0 saturated carbocycles. The summed E-state index contributed by atoms with van der Waals surface area (Å²) in [7, 11) is 0. The van der Waals surface area contributed by atoms with E-state index in [1.807, 2.05) is 0 Å². The first-order valence-corrected chi connectivity index (χ1v) is 12.0. The molecule has 0 aliphatic carbocycles.